The molecule has 1 saturated carbocycles. The van der Waals surface area contributed by atoms with Crippen LogP contribution < -0.4 is 5.73 Å². The summed E-state index contributed by atoms with van der Waals surface area (Å²) in [5.41, 5.74) is 5.79. The summed E-state index contributed by atoms with van der Waals surface area (Å²) in [4.78, 5) is 0. The first-order chi connectivity index (χ1) is 8.22. The van der Waals surface area contributed by atoms with Gasteiger partial charge < -0.3 is 19.9 Å². The molecule has 0 spiro atoms. The zero-order chi connectivity index (χ0) is 12.6. The molecule has 0 aromatic heterocycles. The lowest BCUT2D eigenvalue weighted by Gasteiger charge is -2.28. The fourth-order valence-electron chi connectivity index (χ4n) is 2.42. The van der Waals surface area contributed by atoms with E-state index in [0.717, 1.165) is 38.4 Å². The second-order valence-electron chi connectivity index (χ2n) is 5.04. The quantitative estimate of drug-likeness (QED) is 0.627. The van der Waals surface area contributed by atoms with Crippen LogP contribution in [0.15, 0.2) is 0 Å². The first-order valence-corrected chi connectivity index (χ1v) is 6.63. The Kier molecular flexibility index (Phi) is 7.04. The number of hydrogen-bond acceptors (Lipinski definition) is 4. The Morgan fingerprint density at radius 2 is 2.06 bits per heavy atom. The maximum absolute atomic E-state index is 5.98. The van der Waals surface area contributed by atoms with Crippen LogP contribution in [0.5, 0.6) is 0 Å². The highest BCUT2D eigenvalue weighted by Crippen LogP contribution is 2.36. The smallest absolute Gasteiger partial charge is 0.0806 e. The van der Waals surface area contributed by atoms with Crippen molar-refractivity contribution in [3.63, 3.8) is 0 Å². The molecule has 0 heterocycles. The van der Waals surface area contributed by atoms with Crippen molar-refractivity contribution in [3.05, 3.63) is 0 Å². The third-order valence-corrected chi connectivity index (χ3v) is 3.46. The molecule has 1 rings (SSSR count). The van der Waals surface area contributed by atoms with E-state index in [1.807, 2.05) is 0 Å². The van der Waals surface area contributed by atoms with Gasteiger partial charge in [0.25, 0.3) is 0 Å². The van der Waals surface area contributed by atoms with Crippen molar-refractivity contribution in [3.8, 4) is 0 Å². The van der Waals surface area contributed by atoms with Crippen molar-refractivity contribution in [1.29, 1.82) is 0 Å². The lowest BCUT2D eigenvalue weighted by atomic mass is 10.0. The van der Waals surface area contributed by atoms with Crippen molar-refractivity contribution < 1.29 is 14.2 Å². The fraction of sp³-hybridized carbons (Fsp3) is 1.00. The monoisotopic (exact) mass is 245 g/mol. The number of rotatable bonds is 9. The number of methoxy groups -OCH3 is 1. The van der Waals surface area contributed by atoms with Gasteiger partial charge in [-0.2, -0.15) is 0 Å². The second kappa shape index (κ2) is 8.03. The van der Waals surface area contributed by atoms with Crippen LogP contribution in [-0.2, 0) is 14.2 Å². The van der Waals surface area contributed by atoms with Gasteiger partial charge >= 0.3 is 0 Å². The van der Waals surface area contributed by atoms with Crippen LogP contribution in [-0.4, -0.2) is 45.7 Å². The van der Waals surface area contributed by atoms with Crippen molar-refractivity contribution in [2.75, 3.05) is 40.1 Å². The number of hydrogen-bond donors (Lipinski definition) is 1. The topological polar surface area (TPSA) is 53.7 Å². The molecule has 2 N–H and O–H groups in total. The molecule has 0 saturated heterocycles. The van der Waals surface area contributed by atoms with E-state index < -0.39 is 0 Å². The molecule has 1 aliphatic rings. The standard InChI is InChI=1S/C13H27NO3/c1-12-4-5-13(10-12,11-14)17-7-3-6-16-9-8-15-2/h12H,3-11,14H2,1-2H3. The number of ether oxygens (including phenoxy) is 3. The van der Waals surface area contributed by atoms with Gasteiger partial charge in [0.15, 0.2) is 0 Å². The average Bonchev–Trinajstić information content (AvgIpc) is 2.71. The van der Waals surface area contributed by atoms with E-state index in [4.69, 9.17) is 19.9 Å². The molecule has 0 radical (unpaired) electrons. The molecule has 4 nitrogen and oxygen atoms in total. The minimum Gasteiger partial charge on any atom is -0.382 e. The molecule has 4 heteroatoms. The molecule has 2 atom stereocenters. The van der Waals surface area contributed by atoms with E-state index in [1.54, 1.807) is 7.11 Å². The Morgan fingerprint density at radius 3 is 2.65 bits per heavy atom. The van der Waals surface area contributed by atoms with Gasteiger partial charge in [-0.1, -0.05) is 6.92 Å². The summed E-state index contributed by atoms with van der Waals surface area (Å²) < 4.78 is 16.3. The third-order valence-electron chi connectivity index (χ3n) is 3.46. The molecule has 0 amide bonds. The van der Waals surface area contributed by atoms with E-state index >= 15 is 0 Å². The molecule has 0 bridgehead atoms. The van der Waals surface area contributed by atoms with Crippen LogP contribution in [0.25, 0.3) is 0 Å². The summed E-state index contributed by atoms with van der Waals surface area (Å²) in [5, 5.41) is 0. The van der Waals surface area contributed by atoms with E-state index in [0.29, 0.717) is 19.8 Å². The van der Waals surface area contributed by atoms with Gasteiger partial charge in [-0.15, -0.1) is 0 Å². The van der Waals surface area contributed by atoms with Crippen LogP contribution >= 0.6 is 0 Å². The highest BCUT2D eigenvalue weighted by molar-refractivity contribution is 4.90. The summed E-state index contributed by atoms with van der Waals surface area (Å²) in [6.07, 6.45) is 4.38. The van der Waals surface area contributed by atoms with Crippen molar-refractivity contribution in [2.24, 2.45) is 11.7 Å². The van der Waals surface area contributed by atoms with Gasteiger partial charge in [0, 0.05) is 26.9 Å². The summed E-state index contributed by atoms with van der Waals surface area (Å²) in [7, 11) is 1.68. The van der Waals surface area contributed by atoms with Gasteiger partial charge in [0.1, 0.15) is 0 Å². The average molecular weight is 245 g/mol. The van der Waals surface area contributed by atoms with E-state index in [-0.39, 0.29) is 5.60 Å². The predicted molar refractivity (Wildman–Crippen MR) is 68.1 cm³/mol. The highest BCUT2D eigenvalue weighted by Gasteiger charge is 2.36. The Bertz CT molecular complexity index is 201. The zero-order valence-corrected chi connectivity index (χ0v) is 11.2. The number of nitrogens with two attached hydrogens (primary N) is 1. The molecule has 2 unspecified atom stereocenters. The zero-order valence-electron chi connectivity index (χ0n) is 11.2. The first-order valence-electron chi connectivity index (χ1n) is 6.63. The second-order valence-corrected chi connectivity index (χ2v) is 5.04. The minimum atomic E-state index is -0.0497. The third kappa shape index (κ3) is 5.34. The van der Waals surface area contributed by atoms with Crippen LogP contribution in [0, 0.1) is 5.92 Å². The maximum atomic E-state index is 5.98. The molecule has 0 aromatic rings. The van der Waals surface area contributed by atoms with Crippen LogP contribution in [0.4, 0.5) is 0 Å². The summed E-state index contributed by atoms with van der Waals surface area (Å²) in [6, 6.07) is 0. The summed E-state index contributed by atoms with van der Waals surface area (Å²) in [6.45, 7) is 5.72. The Labute approximate surface area is 105 Å². The lowest BCUT2D eigenvalue weighted by Crippen LogP contribution is -2.38. The highest BCUT2D eigenvalue weighted by atomic mass is 16.5. The van der Waals surface area contributed by atoms with Crippen molar-refractivity contribution in [1.82, 2.24) is 0 Å². The molecule has 17 heavy (non-hydrogen) atoms. The molecule has 1 aliphatic carbocycles. The van der Waals surface area contributed by atoms with Crippen LogP contribution in [0.1, 0.15) is 32.6 Å². The Balaban J connectivity index is 2.04. The van der Waals surface area contributed by atoms with Gasteiger partial charge in [-0.25, -0.2) is 0 Å². The molecule has 1 fully saturated rings. The van der Waals surface area contributed by atoms with Gasteiger partial charge in [0.2, 0.25) is 0 Å². The van der Waals surface area contributed by atoms with Gasteiger partial charge in [-0.05, 0) is 31.6 Å². The van der Waals surface area contributed by atoms with Gasteiger partial charge in [0.05, 0.1) is 18.8 Å². The molecular weight excluding hydrogens is 218 g/mol. The Hall–Kier alpha value is -0.160. The SMILES string of the molecule is COCCOCCCOC1(CN)CCC(C)C1. The minimum absolute atomic E-state index is 0.0497. The van der Waals surface area contributed by atoms with Crippen LogP contribution in [0.2, 0.25) is 0 Å². The summed E-state index contributed by atoms with van der Waals surface area (Å²) in [5.74, 6) is 0.747. The van der Waals surface area contributed by atoms with Crippen LogP contribution in [0.3, 0.4) is 0 Å². The largest absolute Gasteiger partial charge is 0.382 e. The maximum Gasteiger partial charge on any atom is 0.0806 e. The molecule has 102 valence electrons. The Morgan fingerprint density at radius 1 is 1.24 bits per heavy atom. The van der Waals surface area contributed by atoms with E-state index in [1.165, 1.54) is 6.42 Å². The first kappa shape index (κ1) is 14.9. The normalized spacial score (nSPS) is 28.8. The molecular formula is C13H27NO3. The lowest BCUT2D eigenvalue weighted by molar-refractivity contribution is -0.0449. The fourth-order valence-corrected chi connectivity index (χ4v) is 2.42. The van der Waals surface area contributed by atoms with E-state index in [2.05, 4.69) is 6.92 Å². The van der Waals surface area contributed by atoms with E-state index in [9.17, 15) is 0 Å². The molecule has 0 aliphatic heterocycles. The van der Waals surface area contributed by atoms with Crippen molar-refractivity contribution in [2.45, 2.75) is 38.2 Å². The van der Waals surface area contributed by atoms with Crippen molar-refractivity contribution >= 4 is 0 Å². The van der Waals surface area contributed by atoms with Gasteiger partial charge in [-0.3, -0.25) is 0 Å². The predicted octanol–water partition coefficient (Wildman–Crippen LogP) is 1.57. The molecule has 0 aromatic carbocycles. The summed E-state index contributed by atoms with van der Waals surface area (Å²) >= 11 is 0.